The number of hydrogen-bond donors (Lipinski definition) is 0. The number of rotatable bonds is 1. The van der Waals surface area contributed by atoms with E-state index in [2.05, 4.69) is 22.4 Å². The zero-order chi connectivity index (χ0) is 10.1. The highest BCUT2D eigenvalue weighted by atomic mass is 16.5. The molecule has 0 saturated carbocycles. The molecule has 2 rings (SSSR count). The Morgan fingerprint density at radius 1 is 1.14 bits per heavy atom. The van der Waals surface area contributed by atoms with E-state index in [4.69, 9.17) is 4.74 Å². The van der Waals surface area contributed by atoms with Gasteiger partial charge in [0.15, 0.2) is 0 Å². The van der Waals surface area contributed by atoms with Gasteiger partial charge in [-0.15, -0.1) is 0 Å². The fourth-order valence-electron chi connectivity index (χ4n) is 0.703. The van der Waals surface area contributed by atoms with Gasteiger partial charge in [-0.2, -0.15) is 0 Å². The summed E-state index contributed by atoms with van der Waals surface area (Å²) in [7, 11) is 1.59. The summed E-state index contributed by atoms with van der Waals surface area (Å²) >= 11 is 0. The Hall–Kier alpha value is -1.90. The SMILES string of the molecule is COc1[c]nccc1.[c]1ccccn1. The molecule has 3 heteroatoms. The predicted molar refractivity (Wildman–Crippen MR) is 52.7 cm³/mol. The van der Waals surface area contributed by atoms with Crippen LogP contribution in [0.2, 0.25) is 0 Å². The van der Waals surface area contributed by atoms with Crippen molar-refractivity contribution in [1.82, 2.24) is 9.97 Å². The van der Waals surface area contributed by atoms with E-state index < -0.39 is 0 Å². The second-order valence-electron chi connectivity index (χ2n) is 2.28. The molecule has 0 aliphatic heterocycles. The van der Waals surface area contributed by atoms with E-state index in [1.807, 2.05) is 12.1 Å². The molecule has 70 valence electrons. The van der Waals surface area contributed by atoms with Gasteiger partial charge in [-0.3, -0.25) is 9.97 Å². The zero-order valence-electron chi connectivity index (χ0n) is 7.84. The molecule has 2 heterocycles. The van der Waals surface area contributed by atoms with E-state index >= 15 is 0 Å². The normalized spacial score (nSPS) is 8.36. The van der Waals surface area contributed by atoms with Crippen LogP contribution >= 0.6 is 0 Å². The summed E-state index contributed by atoms with van der Waals surface area (Å²) in [5.74, 6) is 0.674. The lowest BCUT2D eigenvalue weighted by Crippen LogP contribution is -1.81. The molecule has 0 spiro atoms. The standard InChI is InChI=1S/C6H6NO.C5H4N/c1-8-6-3-2-4-7-5-6;1-2-4-6-5-3-1/h2-4H,1H3;1-4H. The molecule has 0 aliphatic carbocycles. The van der Waals surface area contributed by atoms with Gasteiger partial charge in [-0.25, -0.2) is 0 Å². The molecule has 2 aromatic rings. The lowest BCUT2D eigenvalue weighted by Gasteiger charge is -1.92. The van der Waals surface area contributed by atoms with Gasteiger partial charge in [0.05, 0.1) is 13.3 Å². The van der Waals surface area contributed by atoms with Crippen molar-refractivity contribution < 1.29 is 4.74 Å². The van der Waals surface area contributed by atoms with Crippen LogP contribution in [0.25, 0.3) is 0 Å². The average Bonchev–Trinajstić information content (AvgIpc) is 2.33. The Kier molecular flexibility index (Phi) is 4.80. The molecule has 0 aromatic carbocycles. The van der Waals surface area contributed by atoms with Gasteiger partial charge in [0, 0.05) is 12.4 Å². The van der Waals surface area contributed by atoms with Crippen molar-refractivity contribution in [3.05, 3.63) is 55.1 Å². The molecule has 2 radical (unpaired) electrons. The second kappa shape index (κ2) is 6.60. The molecule has 0 bridgehead atoms. The minimum atomic E-state index is 0.674. The molecule has 3 nitrogen and oxygen atoms in total. The van der Waals surface area contributed by atoms with Crippen molar-refractivity contribution in [2.75, 3.05) is 7.11 Å². The van der Waals surface area contributed by atoms with Gasteiger partial charge in [0.1, 0.15) is 11.9 Å². The molecule has 0 amide bonds. The van der Waals surface area contributed by atoms with Crippen LogP contribution in [-0.4, -0.2) is 17.1 Å². The highest BCUT2D eigenvalue weighted by molar-refractivity contribution is 5.13. The van der Waals surface area contributed by atoms with Crippen molar-refractivity contribution in [3.63, 3.8) is 0 Å². The van der Waals surface area contributed by atoms with E-state index in [0.29, 0.717) is 5.75 Å². The van der Waals surface area contributed by atoms with Crippen LogP contribution in [0, 0.1) is 12.4 Å². The largest absolute Gasteiger partial charge is 0.494 e. The smallest absolute Gasteiger partial charge is 0.146 e. The lowest BCUT2D eigenvalue weighted by atomic mass is 10.5. The van der Waals surface area contributed by atoms with Crippen molar-refractivity contribution in [2.45, 2.75) is 0 Å². The maximum atomic E-state index is 4.80. The van der Waals surface area contributed by atoms with E-state index in [0.717, 1.165) is 0 Å². The summed E-state index contributed by atoms with van der Waals surface area (Å²) in [6.45, 7) is 0. The number of pyridine rings is 2. The first-order valence-electron chi connectivity index (χ1n) is 4.07. The van der Waals surface area contributed by atoms with Crippen molar-refractivity contribution in [3.8, 4) is 5.75 Å². The summed E-state index contributed by atoms with van der Waals surface area (Å²) in [5.41, 5.74) is 0. The molecule has 0 fully saturated rings. The maximum absolute atomic E-state index is 4.80. The van der Waals surface area contributed by atoms with Gasteiger partial charge in [-0.1, -0.05) is 6.07 Å². The number of aromatic nitrogens is 2. The molecular weight excluding hydrogens is 176 g/mol. The third-order valence-electron chi connectivity index (χ3n) is 1.32. The van der Waals surface area contributed by atoms with Crippen LogP contribution in [0.3, 0.4) is 0 Å². The van der Waals surface area contributed by atoms with E-state index in [-0.39, 0.29) is 0 Å². The molecule has 0 N–H and O–H groups in total. The Labute approximate surface area is 83.4 Å². The quantitative estimate of drug-likeness (QED) is 0.680. The number of methoxy groups -OCH3 is 1. The van der Waals surface area contributed by atoms with Crippen LogP contribution in [0.15, 0.2) is 42.7 Å². The van der Waals surface area contributed by atoms with E-state index in [9.17, 15) is 0 Å². The minimum Gasteiger partial charge on any atom is -0.494 e. The van der Waals surface area contributed by atoms with Crippen LogP contribution < -0.4 is 4.74 Å². The Morgan fingerprint density at radius 3 is 2.29 bits per heavy atom. The molecule has 14 heavy (non-hydrogen) atoms. The van der Waals surface area contributed by atoms with Gasteiger partial charge in [-0.05, 0) is 24.3 Å². The molecular formula is C11H10N2O. The van der Waals surface area contributed by atoms with Gasteiger partial charge < -0.3 is 4.74 Å². The lowest BCUT2D eigenvalue weighted by molar-refractivity contribution is 0.412. The zero-order valence-corrected chi connectivity index (χ0v) is 7.84. The van der Waals surface area contributed by atoms with Crippen LogP contribution in [0.5, 0.6) is 5.75 Å². The van der Waals surface area contributed by atoms with E-state index in [1.165, 1.54) is 0 Å². The third-order valence-corrected chi connectivity index (χ3v) is 1.32. The Morgan fingerprint density at radius 2 is 2.00 bits per heavy atom. The molecule has 0 saturated heterocycles. The van der Waals surface area contributed by atoms with Crippen molar-refractivity contribution in [2.24, 2.45) is 0 Å². The third kappa shape index (κ3) is 4.21. The predicted octanol–water partition coefficient (Wildman–Crippen LogP) is 1.77. The first-order chi connectivity index (χ1) is 6.93. The van der Waals surface area contributed by atoms with Crippen molar-refractivity contribution >= 4 is 0 Å². The van der Waals surface area contributed by atoms with Gasteiger partial charge in [0.2, 0.25) is 0 Å². The van der Waals surface area contributed by atoms with Crippen molar-refractivity contribution in [1.29, 1.82) is 0 Å². The first-order valence-corrected chi connectivity index (χ1v) is 4.07. The molecule has 0 atom stereocenters. The first kappa shape index (κ1) is 10.2. The number of ether oxygens (including phenoxy) is 1. The molecule has 2 aromatic heterocycles. The summed E-state index contributed by atoms with van der Waals surface area (Å²) < 4.78 is 4.80. The summed E-state index contributed by atoms with van der Waals surface area (Å²) in [6.07, 6.45) is 8.64. The fraction of sp³-hybridized carbons (Fsp3) is 0.0909. The second-order valence-corrected chi connectivity index (χ2v) is 2.28. The Bertz CT molecular complexity index is 297. The van der Waals surface area contributed by atoms with Crippen LogP contribution in [-0.2, 0) is 0 Å². The molecule has 0 aliphatic rings. The summed E-state index contributed by atoms with van der Waals surface area (Å²) in [4.78, 5) is 7.37. The highest BCUT2D eigenvalue weighted by Crippen LogP contribution is 2.01. The highest BCUT2D eigenvalue weighted by Gasteiger charge is 1.82. The summed E-state index contributed by atoms with van der Waals surface area (Å²) in [5, 5.41) is 0. The Balaban J connectivity index is 0.000000146. The monoisotopic (exact) mass is 186 g/mol. The van der Waals surface area contributed by atoms with Crippen LogP contribution in [0.1, 0.15) is 0 Å². The number of nitrogens with zero attached hydrogens (tertiary/aromatic N) is 2. The number of hydrogen-bond acceptors (Lipinski definition) is 3. The van der Waals surface area contributed by atoms with Crippen LogP contribution in [0.4, 0.5) is 0 Å². The fourth-order valence-corrected chi connectivity index (χ4v) is 0.703. The van der Waals surface area contributed by atoms with Gasteiger partial charge >= 0.3 is 0 Å². The topological polar surface area (TPSA) is 35.0 Å². The average molecular weight is 186 g/mol. The van der Waals surface area contributed by atoms with Gasteiger partial charge in [0.25, 0.3) is 0 Å². The minimum absolute atomic E-state index is 0.674. The summed E-state index contributed by atoms with van der Waals surface area (Å²) in [6, 6.07) is 9.10. The van der Waals surface area contributed by atoms with E-state index in [1.54, 1.807) is 37.7 Å². The molecule has 0 unspecified atom stereocenters. The maximum Gasteiger partial charge on any atom is 0.146 e.